The fourth-order valence-electron chi connectivity index (χ4n) is 3.93. The van der Waals surface area contributed by atoms with Crippen LogP contribution in [0.3, 0.4) is 0 Å². The molecule has 1 aromatic carbocycles. The molecule has 1 spiro atoms. The Balaban J connectivity index is 1.64. The van der Waals surface area contributed by atoms with E-state index in [0.29, 0.717) is 11.6 Å². The summed E-state index contributed by atoms with van der Waals surface area (Å²) in [5, 5.41) is 12.2. The fourth-order valence-corrected chi connectivity index (χ4v) is 4.06. The number of halogens is 1. The molecule has 126 valence electrons. The number of rotatable bonds is 4. The number of fused-ring (bicyclic) bond motifs is 1. The molecule has 2 amide bonds. The number of nitrogens with zero attached hydrogens (tertiary/aromatic N) is 1. The molecule has 4 rings (SSSR count). The summed E-state index contributed by atoms with van der Waals surface area (Å²) >= 11 is 5.91. The minimum atomic E-state index is -0.747. The normalized spacial score (nSPS) is 33.2. The van der Waals surface area contributed by atoms with Crippen LogP contribution in [-0.2, 0) is 14.3 Å². The Hall–Kier alpha value is -1.89. The first-order chi connectivity index (χ1) is 11.6. The molecule has 3 aliphatic rings. The lowest BCUT2D eigenvalue weighted by molar-refractivity contribution is -0.132. The Labute approximate surface area is 144 Å². The molecule has 0 saturated carbocycles. The lowest BCUT2D eigenvalue weighted by Crippen LogP contribution is -2.44. The van der Waals surface area contributed by atoms with Crippen molar-refractivity contribution in [3.05, 3.63) is 41.4 Å². The number of nitrogens with one attached hydrogen (secondary N) is 1. The maximum atomic E-state index is 13.0. The van der Waals surface area contributed by atoms with E-state index in [2.05, 4.69) is 5.32 Å². The second-order valence-electron chi connectivity index (χ2n) is 6.32. The van der Waals surface area contributed by atoms with Crippen molar-refractivity contribution in [2.75, 3.05) is 24.6 Å². The van der Waals surface area contributed by atoms with Crippen LogP contribution in [0.5, 0.6) is 0 Å². The molecule has 24 heavy (non-hydrogen) atoms. The van der Waals surface area contributed by atoms with Crippen molar-refractivity contribution < 1.29 is 19.4 Å². The molecule has 6 nitrogen and oxygen atoms in total. The van der Waals surface area contributed by atoms with E-state index in [1.54, 1.807) is 29.2 Å². The first kappa shape index (κ1) is 15.6. The molecule has 3 aliphatic heterocycles. The van der Waals surface area contributed by atoms with Crippen LogP contribution in [0.4, 0.5) is 5.69 Å². The summed E-state index contributed by atoms with van der Waals surface area (Å²) in [6.45, 7) is 0.413. The molecule has 7 heteroatoms. The predicted molar refractivity (Wildman–Crippen MR) is 87.6 cm³/mol. The van der Waals surface area contributed by atoms with Crippen LogP contribution in [0.15, 0.2) is 36.4 Å². The summed E-state index contributed by atoms with van der Waals surface area (Å²) in [7, 11) is 0. The maximum Gasteiger partial charge on any atom is 0.234 e. The number of benzene rings is 1. The maximum absolute atomic E-state index is 13.0. The van der Waals surface area contributed by atoms with Crippen LogP contribution in [-0.4, -0.2) is 48.3 Å². The van der Waals surface area contributed by atoms with Gasteiger partial charge in [0.15, 0.2) is 0 Å². The van der Waals surface area contributed by atoms with Crippen LogP contribution >= 0.6 is 11.6 Å². The van der Waals surface area contributed by atoms with E-state index in [1.165, 1.54) is 0 Å². The average Bonchev–Trinajstić information content (AvgIpc) is 3.22. The first-order valence-corrected chi connectivity index (χ1v) is 8.26. The molecule has 2 fully saturated rings. The summed E-state index contributed by atoms with van der Waals surface area (Å²) in [4.78, 5) is 27.1. The lowest BCUT2D eigenvalue weighted by Gasteiger charge is -2.23. The molecule has 4 unspecified atom stereocenters. The molecule has 0 radical (unpaired) electrons. The zero-order valence-electron chi connectivity index (χ0n) is 12.8. The van der Waals surface area contributed by atoms with Gasteiger partial charge in [-0.3, -0.25) is 9.59 Å². The van der Waals surface area contributed by atoms with E-state index >= 15 is 0 Å². The monoisotopic (exact) mass is 348 g/mol. The lowest BCUT2D eigenvalue weighted by atomic mass is 9.77. The summed E-state index contributed by atoms with van der Waals surface area (Å²) in [5.41, 5.74) is -0.00839. The zero-order valence-corrected chi connectivity index (χ0v) is 13.6. The Morgan fingerprint density at radius 2 is 2.17 bits per heavy atom. The van der Waals surface area contributed by atoms with Crippen LogP contribution in [0.1, 0.15) is 0 Å². The van der Waals surface area contributed by atoms with E-state index in [1.807, 2.05) is 12.2 Å². The smallest absolute Gasteiger partial charge is 0.234 e. The number of anilines is 1. The number of ether oxygens (including phenoxy) is 1. The highest BCUT2D eigenvalue weighted by Crippen LogP contribution is 2.52. The van der Waals surface area contributed by atoms with Crippen molar-refractivity contribution in [2.24, 2.45) is 11.8 Å². The quantitative estimate of drug-likeness (QED) is 0.786. The zero-order chi connectivity index (χ0) is 16.9. The van der Waals surface area contributed by atoms with Gasteiger partial charge in [-0.1, -0.05) is 23.8 Å². The highest BCUT2D eigenvalue weighted by atomic mass is 35.5. The Kier molecular flexibility index (Phi) is 3.63. The molecular weight excluding hydrogens is 332 g/mol. The number of carbonyl (C=O) groups is 2. The van der Waals surface area contributed by atoms with Gasteiger partial charge in [-0.2, -0.15) is 0 Å². The van der Waals surface area contributed by atoms with E-state index in [0.717, 1.165) is 5.69 Å². The fraction of sp³-hybridized carbons (Fsp3) is 0.412. The third-order valence-corrected chi connectivity index (χ3v) is 5.20. The van der Waals surface area contributed by atoms with Gasteiger partial charge >= 0.3 is 0 Å². The van der Waals surface area contributed by atoms with Gasteiger partial charge in [-0.15, -0.1) is 0 Å². The SMILES string of the molecule is O=C(NCCO)C1C2C=CC3(CN(c4ccc(Cl)cc4)C(=O)C13)O2. The van der Waals surface area contributed by atoms with E-state index in [9.17, 15) is 9.59 Å². The van der Waals surface area contributed by atoms with Crippen molar-refractivity contribution in [1.29, 1.82) is 0 Å². The standard InChI is InChI=1S/C17H17ClN2O4/c18-10-1-3-11(4-2-10)20-9-17-6-5-12(24-17)13(14(17)16(20)23)15(22)19-7-8-21/h1-6,12-14,21H,7-9H2,(H,19,22). The topological polar surface area (TPSA) is 78.9 Å². The third-order valence-electron chi connectivity index (χ3n) is 4.95. The Morgan fingerprint density at radius 3 is 2.88 bits per heavy atom. The van der Waals surface area contributed by atoms with Gasteiger partial charge in [-0.05, 0) is 24.3 Å². The molecule has 2 saturated heterocycles. The summed E-state index contributed by atoms with van der Waals surface area (Å²) in [5.74, 6) is -1.47. The van der Waals surface area contributed by atoms with Gasteiger partial charge in [0.2, 0.25) is 11.8 Å². The van der Waals surface area contributed by atoms with E-state index in [-0.39, 0.29) is 31.1 Å². The van der Waals surface area contributed by atoms with Crippen LogP contribution in [0.2, 0.25) is 5.02 Å². The average molecular weight is 349 g/mol. The van der Waals surface area contributed by atoms with Gasteiger partial charge in [-0.25, -0.2) is 0 Å². The van der Waals surface area contributed by atoms with Crippen molar-refractivity contribution in [2.45, 2.75) is 11.7 Å². The van der Waals surface area contributed by atoms with Gasteiger partial charge < -0.3 is 20.1 Å². The number of carbonyl (C=O) groups excluding carboxylic acids is 2. The number of hydrogen-bond donors (Lipinski definition) is 2. The molecule has 2 bridgehead atoms. The second kappa shape index (κ2) is 5.58. The molecule has 2 N–H and O–H groups in total. The highest BCUT2D eigenvalue weighted by molar-refractivity contribution is 6.30. The van der Waals surface area contributed by atoms with E-state index < -0.39 is 17.4 Å². The van der Waals surface area contributed by atoms with Gasteiger partial charge in [0, 0.05) is 17.3 Å². The number of aliphatic hydroxyl groups excluding tert-OH is 1. The summed E-state index contributed by atoms with van der Waals surface area (Å²) in [6.07, 6.45) is 3.38. The molecule has 4 atom stereocenters. The largest absolute Gasteiger partial charge is 0.395 e. The van der Waals surface area contributed by atoms with E-state index in [4.69, 9.17) is 21.4 Å². The summed E-state index contributed by atoms with van der Waals surface area (Å²) < 4.78 is 6.02. The number of aliphatic hydroxyl groups is 1. The molecule has 0 aromatic heterocycles. The summed E-state index contributed by atoms with van der Waals surface area (Å²) in [6, 6.07) is 7.04. The van der Waals surface area contributed by atoms with Crippen LogP contribution in [0, 0.1) is 11.8 Å². The Morgan fingerprint density at radius 1 is 1.42 bits per heavy atom. The van der Waals surface area contributed by atoms with Crippen molar-refractivity contribution in [3.8, 4) is 0 Å². The minimum absolute atomic E-state index is 0.117. The van der Waals surface area contributed by atoms with Gasteiger partial charge in [0.1, 0.15) is 5.60 Å². The molecule has 0 aliphatic carbocycles. The molecule has 3 heterocycles. The van der Waals surface area contributed by atoms with Gasteiger partial charge in [0.05, 0.1) is 31.1 Å². The van der Waals surface area contributed by atoms with Crippen molar-refractivity contribution >= 4 is 29.1 Å². The van der Waals surface area contributed by atoms with Gasteiger partial charge in [0.25, 0.3) is 0 Å². The van der Waals surface area contributed by atoms with Crippen LogP contribution in [0.25, 0.3) is 0 Å². The molecular formula is C17H17ClN2O4. The number of hydrogen-bond acceptors (Lipinski definition) is 4. The second-order valence-corrected chi connectivity index (χ2v) is 6.75. The van der Waals surface area contributed by atoms with Crippen molar-refractivity contribution in [3.63, 3.8) is 0 Å². The third kappa shape index (κ3) is 2.17. The predicted octanol–water partition coefficient (Wildman–Crippen LogP) is 0.735. The highest BCUT2D eigenvalue weighted by Gasteiger charge is 2.66. The number of amides is 2. The Bertz CT molecular complexity index is 720. The minimum Gasteiger partial charge on any atom is -0.395 e. The first-order valence-electron chi connectivity index (χ1n) is 7.88. The molecule has 1 aromatic rings. The van der Waals surface area contributed by atoms with Crippen LogP contribution < -0.4 is 10.2 Å². The van der Waals surface area contributed by atoms with Crippen molar-refractivity contribution in [1.82, 2.24) is 5.32 Å².